The summed E-state index contributed by atoms with van der Waals surface area (Å²) in [4.78, 5) is 23.4. The van der Waals surface area contributed by atoms with Gasteiger partial charge >= 0.3 is 5.97 Å². The van der Waals surface area contributed by atoms with Gasteiger partial charge in [0.25, 0.3) is 5.91 Å². The minimum Gasteiger partial charge on any atom is -0.494 e. The Hall–Kier alpha value is -2.04. The third-order valence-electron chi connectivity index (χ3n) is 3.87. The lowest BCUT2D eigenvalue weighted by Gasteiger charge is -2.10. The predicted molar refractivity (Wildman–Crippen MR) is 87.5 cm³/mol. The molecule has 1 aromatic carbocycles. The van der Waals surface area contributed by atoms with Crippen molar-refractivity contribution >= 4 is 11.9 Å². The smallest absolute Gasteiger partial charge is 0.328 e. The second-order valence-corrected chi connectivity index (χ2v) is 5.77. The molecule has 2 rings (SSSR count). The molecule has 5 nitrogen and oxygen atoms in total. The van der Waals surface area contributed by atoms with E-state index in [1.54, 1.807) is 24.3 Å². The molecule has 0 spiro atoms. The maximum atomic E-state index is 12.1. The van der Waals surface area contributed by atoms with E-state index in [0.29, 0.717) is 25.2 Å². The van der Waals surface area contributed by atoms with E-state index >= 15 is 0 Å². The Morgan fingerprint density at radius 3 is 2.61 bits per heavy atom. The van der Waals surface area contributed by atoms with Crippen LogP contribution in [0.3, 0.4) is 0 Å². The number of amides is 1. The van der Waals surface area contributed by atoms with Gasteiger partial charge in [-0.2, -0.15) is 0 Å². The average molecular weight is 319 g/mol. The molecule has 1 aromatic rings. The van der Waals surface area contributed by atoms with E-state index < -0.39 is 6.04 Å². The molecule has 1 heterocycles. The molecule has 1 atom stereocenters. The molecule has 1 amide bonds. The van der Waals surface area contributed by atoms with Crippen molar-refractivity contribution in [1.82, 2.24) is 5.32 Å². The summed E-state index contributed by atoms with van der Waals surface area (Å²) >= 11 is 0. The summed E-state index contributed by atoms with van der Waals surface area (Å²) in [5.74, 6) is 0.138. The van der Waals surface area contributed by atoms with Gasteiger partial charge in [-0.1, -0.05) is 32.6 Å². The topological polar surface area (TPSA) is 64.6 Å². The SMILES string of the molecule is CCCCCCCOc1ccc(C(=O)NC2CCOC2=O)cc1. The molecule has 0 aromatic heterocycles. The highest BCUT2D eigenvalue weighted by Gasteiger charge is 2.28. The van der Waals surface area contributed by atoms with E-state index in [1.807, 2.05) is 0 Å². The van der Waals surface area contributed by atoms with Gasteiger partial charge in [0.15, 0.2) is 0 Å². The van der Waals surface area contributed by atoms with Crippen LogP contribution in [0, 0.1) is 0 Å². The molecule has 0 aliphatic carbocycles. The van der Waals surface area contributed by atoms with E-state index in [2.05, 4.69) is 12.2 Å². The molecule has 5 heteroatoms. The number of carbonyl (C=O) groups excluding carboxylic acids is 2. The summed E-state index contributed by atoms with van der Waals surface area (Å²) in [5, 5.41) is 2.68. The maximum absolute atomic E-state index is 12.1. The third kappa shape index (κ3) is 5.58. The normalized spacial score (nSPS) is 16.9. The van der Waals surface area contributed by atoms with Gasteiger partial charge in [-0.3, -0.25) is 4.79 Å². The van der Waals surface area contributed by atoms with Crippen molar-refractivity contribution in [2.24, 2.45) is 0 Å². The number of ether oxygens (including phenoxy) is 2. The van der Waals surface area contributed by atoms with E-state index in [-0.39, 0.29) is 11.9 Å². The average Bonchev–Trinajstić information content (AvgIpc) is 2.96. The lowest BCUT2D eigenvalue weighted by Crippen LogP contribution is -2.37. The summed E-state index contributed by atoms with van der Waals surface area (Å²) in [5.41, 5.74) is 0.514. The van der Waals surface area contributed by atoms with Crippen LogP contribution in [0.4, 0.5) is 0 Å². The number of hydrogen-bond donors (Lipinski definition) is 1. The van der Waals surface area contributed by atoms with E-state index in [1.165, 1.54) is 25.7 Å². The standard InChI is InChI=1S/C18H25NO4/c1-2-3-4-5-6-12-22-15-9-7-14(8-10-15)17(20)19-16-11-13-23-18(16)21/h7-10,16H,2-6,11-13H2,1H3,(H,19,20). The van der Waals surface area contributed by atoms with Crippen molar-refractivity contribution in [1.29, 1.82) is 0 Å². The second kappa shape index (κ2) is 9.18. The van der Waals surface area contributed by atoms with Crippen LogP contribution in [-0.4, -0.2) is 31.1 Å². The number of hydrogen-bond acceptors (Lipinski definition) is 4. The quantitative estimate of drug-likeness (QED) is 0.561. The molecule has 0 radical (unpaired) electrons. The molecule has 1 aliphatic heterocycles. The summed E-state index contributed by atoms with van der Waals surface area (Å²) in [6, 6.07) is 6.47. The summed E-state index contributed by atoms with van der Waals surface area (Å²) < 4.78 is 10.5. The van der Waals surface area contributed by atoms with Crippen LogP contribution in [-0.2, 0) is 9.53 Å². The third-order valence-corrected chi connectivity index (χ3v) is 3.87. The number of nitrogens with one attached hydrogen (secondary N) is 1. The molecule has 1 N–H and O–H groups in total. The molecule has 23 heavy (non-hydrogen) atoms. The molecule has 1 fully saturated rings. The minimum atomic E-state index is -0.526. The zero-order valence-electron chi connectivity index (χ0n) is 13.7. The first kappa shape index (κ1) is 17.3. The van der Waals surface area contributed by atoms with Gasteiger partial charge in [-0.05, 0) is 30.7 Å². The molecular weight excluding hydrogens is 294 g/mol. The van der Waals surface area contributed by atoms with Crippen LogP contribution in [0.25, 0.3) is 0 Å². The fourth-order valence-corrected chi connectivity index (χ4v) is 2.47. The van der Waals surface area contributed by atoms with Crippen LogP contribution in [0.2, 0.25) is 0 Å². The van der Waals surface area contributed by atoms with Crippen LogP contribution >= 0.6 is 0 Å². The van der Waals surface area contributed by atoms with Crippen molar-refractivity contribution in [3.8, 4) is 5.75 Å². The van der Waals surface area contributed by atoms with Gasteiger partial charge in [0, 0.05) is 12.0 Å². The Morgan fingerprint density at radius 2 is 1.96 bits per heavy atom. The number of carbonyl (C=O) groups is 2. The second-order valence-electron chi connectivity index (χ2n) is 5.77. The highest BCUT2D eigenvalue weighted by atomic mass is 16.5. The first-order valence-electron chi connectivity index (χ1n) is 8.41. The zero-order valence-corrected chi connectivity index (χ0v) is 13.7. The largest absolute Gasteiger partial charge is 0.494 e. The molecule has 0 bridgehead atoms. The number of esters is 1. The lowest BCUT2D eigenvalue weighted by molar-refractivity contribution is -0.139. The molecule has 1 saturated heterocycles. The van der Waals surface area contributed by atoms with Crippen LogP contribution < -0.4 is 10.1 Å². The van der Waals surface area contributed by atoms with Crippen LogP contribution in [0.5, 0.6) is 5.75 Å². The Morgan fingerprint density at radius 1 is 1.22 bits per heavy atom. The number of rotatable bonds is 9. The molecule has 1 aliphatic rings. The van der Waals surface area contributed by atoms with Crippen molar-refractivity contribution in [2.75, 3.05) is 13.2 Å². The van der Waals surface area contributed by atoms with E-state index in [0.717, 1.165) is 12.2 Å². The van der Waals surface area contributed by atoms with Crippen molar-refractivity contribution in [3.05, 3.63) is 29.8 Å². The number of unbranched alkanes of at least 4 members (excludes halogenated alkanes) is 4. The van der Waals surface area contributed by atoms with Crippen LogP contribution in [0.1, 0.15) is 55.8 Å². The maximum Gasteiger partial charge on any atom is 0.328 e. The van der Waals surface area contributed by atoms with Gasteiger partial charge in [0.2, 0.25) is 0 Å². The predicted octanol–water partition coefficient (Wildman–Crippen LogP) is 3.08. The molecule has 126 valence electrons. The summed E-state index contributed by atoms with van der Waals surface area (Å²) in [7, 11) is 0. The van der Waals surface area contributed by atoms with Gasteiger partial charge in [-0.25, -0.2) is 4.79 Å². The fourth-order valence-electron chi connectivity index (χ4n) is 2.47. The van der Waals surface area contributed by atoms with Gasteiger partial charge in [-0.15, -0.1) is 0 Å². The number of cyclic esters (lactones) is 1. The van der Waals surface area contributed by atoms with Crippen LogP contribution in [0.15, 0.2) is 24.3 Å². The summed E-state index contributed by atoms with van der Waals surface area (Å²) in [6.07, 6.45) is 6.53. The first-order valence-corrected chi connectivity index (χ1v) is 8.41. The van der Waals surface area contributed by atoms with Gasteiger partial charge < -0.3 is 14.8 Å². The van der Waals surface area contributed by atoms with Crippen molar-refractivity contribution < 1.29 is 19.1 Å². The van der Waals surface area contributed by atoms with E-state index in [9.17, 15) is 9.59 Å². The van der Waals surface area contributed by atoms with E-state index in [4.69, 9.17) is 9.47 Å². The lowest BCUT2D eigenvalue weighted by atomic mass is 10.1. The Labute approximate surface area is 137 Å². The number of benzene rings is 1. The van der Waals surface area contributed by atoms with Crippen molar-refractivity contribution in [3.63, 3.8) is 0 Å². The Kier molecular flexibility index (Phi) is 6.91. The van der Waals surface area contributed by atoms with Gasteiger partial charge in [0.1, 0.15) is 11.8 Å². The van der Waals surface area contributed by atoms with Crippen molar-refractivity contribution in [2.45, 2.75) is 51.5 Å². The first-order chi connectivity index (χ1) is 11.2. The highest BCUT2D eigenvalue weighted by Crippen LogP contribution is 2.14. The molecule has 1 unspecified atom stereocenters. The minimum absolute atomic E-state index is 0.264. The fraction of sp³-hybridized carbons (Fsp3) is 0.556. The molecular formula is C18H25NO4. The monoisotopic (exact) mass is 319 g/mol. The van der Waals surface area contributed by atoms with Gasteiger partial charge in [0.05, 0.1) is 13.2 Å². The Bertz CT molecular complexity index is 512. The summed E-state index contributed by atoms with van der Waals surface area (Å²) in [6.45, 7) is 3.27. The Balaban J connectivity index is 1.73. The molecule has 0 saturated carbocycles. The zero-order chi connectivity index (χ0) is 16.5. The highest BCUT2D eigenvalue weighted by molar-refractivity contribution is 5.97.